The fourth-order valence-electron chi connectivity index (χ4n) is 2.12. The predicted molar refractivity (Wildman–Crippen MR) is 99.9 cm³/mol. The third kappa shape index (κ3) is 5.88. The molecule has 0 aliphatic rings. The van der Waals surface area contributed by atoms with Crippen molar-refractivity contribution < 1.29 is 23.5 Å². The Bertz CT molecular complexity index is 773. The van der Waals surface area contributed by atoms with E-state index in [1.54, 1.807) is 39.3 Å². The molecule has 0 unspecified atom stereocenters. The van der Waals surface area contributed by atoms with E-state index >= 15 is 0 Å². The highest BCUT2D eigenvalue weighted by atomic mass is 32.2. The summed E-state index contributed by atoms with van der Waals surface area (Å²) >= 11 is 1.08. The summed E-state index contributed by atoms with van der Waals surface area (Å²) in [7, 11) is 3.10. The van der Waals surface area contributed by atoms with E-state index in [4.69, 9.17) is 13.9 Å². The number of carbonyl (C=O) groups excluding carboxylic acids is 2. The first-order valence-corrected chi connectivity index (χ1v) is 9.22. The van der Waals surface area contributed by atoms with Crippen LogP contribution in [0.3, 0.4) is 0 Å². The van der Waals surface area contributed by atoms with Crippen LogP contribution in [0.2, 0.25) is 0 Å². The van der Waals surface area contributed by atoms with Crippen molar-refractivity contribution >= 4 is 23.6 Å². The van der Waals surface area contributed by atoms with Gasteiger partial charge in [0.1, 0.15) is 17.5 Å². The maximum atomic E-state index is 11.9. The number of likely N-dealkylation sites (N-methyl/N-ethyl adjacent to an activating group) is 1. The largest absolute Gasteiger partial charge is 0.497 e. The van der Waals surface area contributed by atoms with Crippen LogP contribution in [0.15, 0.2) is 27.8 Å². The molecule has 2 amide bonds. The maximum Gasteiger partial charge on any atom is 0.277 e. The third-order valence-electron chi connectivity index (χ3n) is 3.45. The lowest BCUT2D eigenvalue weighted by molar-refractivity contribution is -0.127. The monoisotopic (exact) mass is 394 g/mol. The van der Waals surface area contributed by atoms with Crippen LogP contribution in [0.4, 0.5) is 0 Å². The summed E-state index contributed by atoms with van der Waals surface area (Å²) in [6.45, 7) is 3.94. The Labute approximate surface area is 161 Å². The molecule has 0 aliphatic heterocycles. The van der Waals surface area contributed by atoms with Crippen LogP contribution < -0.4 is 20.1 Å². The molecular weight excluding hydrogens is 372 g/mol. The van der Waals surface area contributed by atoms with Gasteiger partial charge in [0.25, 0.3) is 5.22 Å². The summed E-state index contributed by atoms with van der Waals surface area (Å²) < 4.78 is 16.0. The summed E-state index contributed by atoms with van der Waals surface area (Å²) in [5.41, 5.74) is 0.639. The predicted octanol–water partition coefficient (Wildman–Crippen LogP) is 1.49. The zero-order valence-corrected chi connectivity index (χ0v) is 16.4. The van der Waals surface area contributed by atoms with Gasteiger partial charge < -0.3 is 24.5 Å². The zero-order chi connectivity index (χ0) is 19.8. The molecule has 1 atom stereocenters. The minimum Gasteiger partial charge on any atom is -0.497 e. The van der Waals surface area contributed by atoms with Gasteiger partial charge in [0.2, 0.25) is 17.7 Å². The molecule has 0 saturated carbocycles. The van der Waals surface area contributed by atoms with E-state index in [2.05, 4.69) is 20.8 Å². The molecule has 2 rings (SSSR count). The van der Waals surface area contributed by atoms with Crippen LogP contribution in [0, 0.1) is 0 Å². The minimum absolute atomic E-state index is 0.0484. The number of aromatic nitrogens is 2. The lowest BCUT2D eigenvalue weighted by atomic mass is 10.2. The highest BCUT2D eigenvalue weighted by Crippen LogP contribution is 2.30. The van der Waals surface area contributed by atoms with Crippen LogP contribution in [0.5, 0.6) is 11.5 Å². The molecule has 0 bridgehead atoms. The fourth-order valence-corrected chi connectivity index (χ4v) is 2.69. The van der Waals surface area contributed by atoms with E-state index in [9.17, 15) is 9.59 Å². The molecule has 1 aromatic carbocycles. The first kappa shape index (κ1) is 20.6. The van der Waals surface area contributed by atoms with Gasteiger partial charge in [-0.1, -0.05) is 11.8 Å². The minimum atomic E-state index is -0.611. The van der Waals surface area contributed by atoms with Crippen molar-refractivity contribution in [3.05, 3.63) is 18.2 Å². The van der Waals surface area contributed by atoms with E-state index in [1.807, 2.05) is 6.92 Å². The third-order valence-corrected chi connectivity index (χ3v) is 4.27. The van der Waals surface area contributed by atoms with Crippen LogP contribution in [-0.4, -0.2) is 54.6 Å². The van der Waals surface area contributed by atoms with E-state index in [0.717, 1.165) is 11.8 Å². The number of nitrogens with zero attached hydrogens (tertiary/aromatic N) is 2. The molecule has 10 heteroatoms. The molecule has 0 fully saturated rings. The molecule has 27 heavy (non-hydrogen) atoms. The fraction of sp³-hybridized carbons (Fsp3) is 0.412. The van der Waals surface area contributed by atoms with Gasteiger partial charge in [-0.2, -0.15) is 0 Å². The van der Waals surface area contributed by atoms with Gasteiger partial charge in [0.15, 0.2) is 0 Å². The summed E-state index contributed by atoms with van der Waals surface area (Å²) in [6.07, 6.45) is 0. The van der Waals surface area contributed by atoms with Gasteiger partial charge in [-0.15, -0.1) is 10.2 Å². The molecule has 0 saturated heterocycles. The molecule has 2 N–H and O–H groups in total. The molecular formula is C17H22N4O5S. The van der Waals surface area contributed by atoms with Crippen LogP contribution in [-0.2, 0) is 9.59 Å². The number of benzene rings is 1. The molecule has 2 aromatic rings. The Morgan fingerprint density at radius 1 is 1.19 bits per heavy atom. The average Bonchev–Trinajstić information content (AvgIpc) is 3.15. The molecule has 1 heterocycles. The van der Waals surface area contributed by atoms with Gasteiger partial charge in [-0.05, 0) is 26.0 Å². The number of amides is 2. The summed E-state index contributed by atoms with van der Waals surface area (Å²) in [5.74, 6) is 0.980. The van der Waals surface area contributed by atoms with Crippen molar-refractivity contribution in [3.63, 3.8) is 0 Å². The van der Waals surface area contributed by atoms with E-state index in [1.165, 1.54) is 0 Å². The second kappa shape index (κ2) is 9.81. The molecule has 0 radical (unpaired) electrons. The van der Waals surface area contributed by atoms with Crippen molar-refractivity contribution in [2.75, 3.05) is 26.5 Å². The number of methoxy groups -OCH3 is 2. The van der Waals surface area contributed by atoms with Gasteiger partial charge in [-0.25, -0.2) is 0 Å². The smallest absolute Gasteiger partial charge is 0.277 e. The standard InChI is InChI=1S/C17H22N4O5S/c1-5-18-15(23)10(2)19-14(22)9-27-17-21-20-16(26-17)11-6-12(24-3)8-13(7-11)25-4/h6-8,10H,5,9H2,1-4H3,(H,18,23)(H,19,22)/t10-/m0/s1. The first-order valence-electron chi connectivity index (χ1n) is 8.23. The Morgan fingerprint density at radius 2 is 1.85 bits per heavy atom. The van der Waals surface area contributed by atoms with Gasteiger partial charge in [-0.3, -0.25) is 9.59 Å². The quantitative estimate of drug-likeness (QED) is 0.615. The van der Waals surface area contributed by atoms with Gasteiger partial charge in [0.05, 0.1) is 20.0 Å². The number of ether oxygens (including phenoxy) is 2. The van der Waals surface area contributed by atoms with E-state index in [-0.39, 0.29) is 28.7 Å². The van der Waals surface area contributed by atoms with Gasteiger partial charge in [0, 0.05) is 18.2 Å². The van der Waals surface area contributed by atoms with Crippen LogP contribution in [0.1, 0.15) is 13.8 Å². The van der Waals surface area contributed by atoms with Crippen molar-refractivity contribution in [1.29, 1.82) is 0 Å². The second-order valence-corrected chi connectivity index (χ2v) is 6.37. The highest BCUT2D eigenvalue weighted by molar-refractivity contribution is 7.99. The van der Waals surface area contributed by atoms with Crippen molar-refractivity contribution in [2.45, 2.75) is 25.1 Å². The second-order valence-electron chi connectivity index (χ2n) is 5.45. The Morgan fingerprint density at radius 3 is 2.44 bits per heavy atom. The number of rotatable bonds is 9. The SMILES string of the molecule is CCNC(=O)[C@H](C)NC(=O)CSc1nnc(-c2cc(OC)cc(OC)c2)o1. The Hall–Kier alpha value is -2.75. The topological polar surface area (TPSA) is 116 Å². The molecule has 1 aromatic heterocycles. The van der Waals surface area contributed by atoms with Gasteiger partial charge >= 0.3 is 0 Å². The molecule has 146 valence electrons. The zero-order valence-electron chi connectivity index (χ0n) is 15.6. The van der Waals surface area contributed by atoms with Crippen molar-refractivity contribution in [2.24, 2.45) is 0 Å². The summed E-state index contributed by atoms with van der Waals surface area (Å²) in [5, 5.41) is 13.4. The average molecular weight is 394 g/mol. The lowest BCUT2D eigenvalue weighted by Crippen LogP contribution is -2.45. The van der Waals surface area contributed by atoms with Crippen molar-refractivity contribution in [1.82, 2.24) is 20.8 Å². The number of nitrogens with one attached hydrogen (secondary N) is 2. The normalized spacial score (nSPS) is 11.6. The Balaban J connectivity index is 1.96. The number of hydrogen-bond acceptors (Lipinski definition) is 8. The lowest BCUT2D eigenvalue weighted by Gasteiger charge is -2.12. The first-order chi connectivity index (χ1) is 13.0. The summed E-state index contributed by atoms with van der Waals surface area (Å²) in [6, 6.07) is 4.60. The van der Waals surface area contributed by atoms with E-state index in [0.29, 0.717) is 23.6 Å². The van der Waals surface area contributed by atoms with Crippen molar-refractivity contribution in [3.8, 4) is 23.0 Å². The van der Waals surface area contributed by atoms with E-state index < -0.39 is 6.04 Å². The summed E-state index contributed by atoms with van der Waals surface area (Å²) in [4.78, 5) is 23.6. The molecule has 0 aliphatic carbocycles. The molecule has 9 nitrogen and oxygen atoms in total. The molecule has 0 spiro atoms. The Kier molecular flexibility index (Phi) is 7.47. The number of carbonyl (C=O) groups is 2. The highest BCUT2D eigenvalue weighted by Gasteiger charge is 2.17. The maximum absolute atomic E-state index is 11.9. The number of hydrogen-bond donors (Lipinski definition) is 2. The van der Waals surface area contributed by atoms with Crippen LogP contribution in [0.25, 0.3) is 11.5 Å². The van der Waals surface area contributed by atoms with Crippen LogP contribution >= 0.6 is 11.8 Å². The number of thioether (sulfide) groups is 1.